The van der Waals surface area contributed by atoms with Gasteiger partial charge in [-0.2, -0.15) is 79.0 Å². The number of alkyl halides is 18. The smallest absolute Gasteiger partial charge is 0.490 e. The molecule has 0 saturated heterocycles. The summed E-state index contributed by atoms with van der Waals surface area (Å²) < 4.78 is 274. The molecule has 3 aromatic carbocycles. The monoisotopic (exact) mass is 884 g/mol. The second-order valence-electron chi connectivity index (χ2n) is 12.7. The summed E-state index contributed by atoms with van der Waals surface area (Å²) >= 11 is 0. The topological polar surface area (TPSA) is 36.9 Å². The van der Waals surface area contributed by atoms with E-state index < -0.39 is 136 Å². The van der Waals surface area contributed by atoms with Gasteiger partial charge in [-0.05, 0) is 76.2 Å². The molecule has 0 saturated carbocycles. The molecule has 330 valence electrons. The summed E-state index contributed by atoms with van der Waals surface area (Å²) in [6.07, 6.45) is -34.3. The molecule has 0 bridgehead atoms. The molecular formula is C35H33BF18NO4+. The maximum atomic E-state index is 15.1. The van der Waals surface area contributed by atoms with Crippen molar-refractivity contribution >= 4 is 7.32 Å². The standard InChI is InChI=1S/C35H33BF18NO4/c1-6-29(56-10-5,55(7-2,8-3)9-4)28-26(35(52,53)54)17-23(34(49,50)51)18-27(28)59-36(57-24-13-19(30(37,38)39)11-20(14-24)31(40,41)42)58-25-15-21(32(43,44)45)12-22(16-25)33(46,47)48/h11-18H,6-10H2,1-5H3/q+1. The molecule has 0 amide bonds. The molecule has 0 radical (unpaired) electrons. The first-order chi connectivity index (χ1) is 26.7. The number of quaternary nitrogens is 1. The Labute approximate surface area is 324 Å². The highest BCUT2D eigenvalue weighted by molar-refractivity contribution is 6.39. The van der Waals surface area contributed by atoms with E-state index in [2.05, 4.69) is 0 Å². The third kappa shape index (κ3) is 10.9. The molecular weight excluding hydrogens is 851 g/mol. The first-order valence-corrected chi connectivity index (χ1v) is 17.1. The zero-order valence-corrected chi connectivity index (χ0v) is 31.1. The molecule has 5 nitrogen and oxygen atoms in total. The summed E-state index contributed by atoms with van der Waals surface area (Å²) in [6.45, 7) is 6.21. The zero-order chi connectivity index (χ0) is 45.4. The molecule has 0 fully saturated rings. The van der Waals surface area contributed by atoms with Crippen LogP contribution < -0.4 is 14.0 Å². The predicted octanol–water partition coefficient (Wildman–Crippen LogP) is 12.8. The summed E-state index contributed by atoms with van der Waals surface area (Å²) in [6, 6.07) is -2.00. The van der Waals surface area contributed by atoms with Crippen LogP contribution in [-0.4, -0.2) is 38.0 Å². The number of nitrogens with zero attached hydrogens (tertiary/aromatic N) is 1. The molecule has 3 rings (SSSR count). The Morgan fingerprint density at radius 2 is 0.780 bits per heavy atom. The van der Waals surface area contributed by atoms with Gasteiger partial charge in [0.25, 0.3) is 0 Å². The van der Waals surface area contributed by atoms with Gasteiger partial charge in [0.05, 0.1) is 65.2 Å². The summed E-state index contributed by atoms with van der Waals surface area (Å²) in [5.41, 5.74) is -16.3. The van der Waals surface area contributed by atoms with Gasteiger partial charge in [-0.3, -0.25) is 4.48 Å². The lowest BCUT2D eigenvalue weighted by atomic mass is 9.87. The van der Waals surface area contributed by atoms with Crippen LogP contribution in [-0.2, 0) is 47.5 Å². The third-order valence-electron chi connectivity index (χ3n) is 9.38. The minimum absolute atomic E-state index is 0.0933. The lowest BCUT2D eigenvalue weighted by molar-refractivity contribution is -1.01. The summed E-state index contributed by atoms with van der Waals surface area (Å²) in [7, 11) is -3.34. The number of benzene rings is 3. The average Bonchev–Trinajstić information content (AvgIpc) is 3.09. The van der Waals surface area contributed by atoms with Gasteiger partial charge in [0.15, 0.2) is 0 Å². The fourth-order valence-electron chi connectivity index (χ4n) is 6.62. The second-order valence-corrected chi connectivity index (χ2v) is 12.7. The second kappa shape index (κ2) is 17.0. The molecule has 0 aliphatic carbocycles. The minimum atomic E-state index is -5.74. The van der Waals surface area contributed by atoms with Crippen LogP contribution in [0.1, 0.15) is 80.0 Å². The molecule has 1 unspecified atom stereocenters. The number of hydrogen-bond donors (Lipinski definition) is 0. The van der Waals surface area contributed by atoms with E-state index >= 15 is 13.2 Å². The van der Waals surface area contributed by atoms with Crippen LogP contribution in [0.4, 0.5) is 79.0 Å². The first-order valence-electron chi connectivity index (χ1n) is 17.1. The molecule has 0 N–H and O–H groups in total. The van der Waals surface area contributed by atoms with Crippen molar-refractivity contribution in [3.05, 3.63) is 87.5 Å². The fourth-order valence-corrected chi connectivity index (χ4v) is 6.62. The van der Waals surface area contributed by atoms with Crippen LogP contribution in [0.3, 0.4) is 0 Å². The predicted molar refractivity (Wildman–Crippen MR) is 172 cm³/mol. The van der Waals surface area contributed by atoms with Crippen LogP contribution in [0.25, 0.3) is 0 Å². The maximum Gasteiger partial charge on any atom is 0.864 e. The Kier molecular flexibility index (Phi) is 14.2. The van der Waals surface area contributed by atoms with E-state index in [1.54, 1.807) is 0 Å². The number of hydrogen-bond acceptors (Lipinski definition) is 4. The number of rotatable bonds is 14. The fraction of sp³-hybridized carbons (Fsp3) is 0.486. The van der Waals surface area contributed by atoms with E-state index in [4.69, 9.17) is 18.7 Å². The van der Waals surface area contributed by atoms with Gasteiger partial charge in [0, 0.05) is 6.42 Å². The highest BCUT2D eigenvalue weighted by Gasteiger charge is 2.57. The van der Waals surface area contributed by atoms with Crippen molar-refractivity contribution in [1.29, 1.82) is 0 Å². The lowest BCUT2D eigenvalue weighted by Crippen LogP contribution is -2.64. The van der Waals surface area contributed by atoms with Crippen molar-refractivity contribution < 1.29 is 102 Å². The first kappa shape index (κ1) is 49.1. The summed E-state index contributed by atoms with van der Waals surface area (Å²) in [5, 5.41) is 0. The van der Waals surface area contributed by atoms with Crippen molar-refractivity contribution in [2.45, 2.75) is 83.8 Å². The van der Waals surface area contributed by atoms with Gasteiger partial charge in [-0.1, -0.05) is 6.92 Å². The Bertz CT molecular complexity index is 1760. The van der Waals surface area contributed by atoms with Gasteiger partial charge in [-0.25, -0.2) is 0 Å². The highest BCUT2D eigenvalue weighted by atomic mass is 19.4. The van der Waals surface area contributed by atoms with Crippen LogP contribution in [0.15, 0.2) is 48.5 Å². The largest absolute Gasteiger partial charge is 0.864 e. The average molecular weight is 884 g/mol. The Hall–Kier alpha value is -4.22. The zero-order valence-electron chi connectivity index (χ0n) is 31.1. The molecule has 3 aromatic rings. The normalized spacial score (nSPS) is 14.6. The van der Waals surface area contributed by atoms with E-state index in [-0.39, 0.29) is 56.0 Å². The van der Waals surface area contributed by atoms with Gasteiger partial charge >= 0.3 is 44.4 Å². The molecule has 24 heteroatoms. The molecule has 0 aromatic heterocycles. The van der Waals surface area contributed by atoms with Crippen molar-refractivity contribution in [2.75, 3.05) is 26.2 Å². The van der Waals surface area contributed by atoms with E-state index in [0.717, 1.165) is 0 Å². The number of ether oxygens (including phenoxy) is 1. The van der Waals surface area contributed by atoms with Gasteiger partial charge in [0.1, 0.15) is 17.2 Å². The number of halogens is 18. The highest BCUT2D eigenvalue weighted by Crippen LogP contribution is 2.52. The summed E-state index contributed by atoms with van der Waals surface area (Å²) in [5.74, 6) is -4.81. The van der Waals surface area contributed by atoms with E-state index in [9.17, 15) is 65.9 Å². The van der Waals surface area contributed by atoms with E-state index in [0.29, 0.717) is 0 Å². The molecule has 1 atom stereocenters. The van der Waals surface area contributed by atoms with Gasteiger partial charge in [-0.15, -0.1) is 0 Å². The van der Waals surface area contributed by atoms with Crippen LogP contribution in [0, 0.1) is 0 Å². The minimum Gasteiger partial charge on any atom is -0.490 e. The van der Waals surface area contributed by atoms with Crippen molar-refractivity contribution in [1.82, 2.24) is 0 Å². The maximum absolute atomic E-state index is 15.1. The van der Waals surface area contributed by atoms with Crippen LogP contribution in [0.5, 0.6) is 17.2 Å². The Morgan fingerprint density at radius 3 is 1.05 bits per heavy atom. The lowest BCUT2D eigenvalue weighted by Gasteiger charge is -2.52. The van der Waals surface area contributed by atoms with Crippen molar-refractivity contribution in [3.63, 3.8) is 0 Å². The van der Waals surface area contributed by atoms with Crippen LogP contribution >= 0.6 is 0 Å². The molecule has 59 heavy (non-hydrogen) atoms. The summed E-state index contributed by atoms with van der Waals surface area (Å²) in [4.78, 5) is 0. The van der Waals surface area contributed by atoms with E-state index in [1.807, 2.05) is 0 Å². The van der Waals surface area contributed by atoms with Gasteiger partial charge in [0.2, 0.25) is 5.72 Å². The van der Waals surface area contributed by atoms with Crippen LogP contribution in [0.2, 0.25) is 0 Å². The third-order valence-corrected chi connectivity index (χ3v) is 9.38. The molecule has 0 spiro atoms. The molecule has 0 aliphatic rings. The van der Waals surface area contributed by atoms with Gasteiger partial charge < -0.3 is 18.7 Å². The van der Waals surface area contributed by atoms with Crippen molar-refractivity contribution in [2.24, 2.45) is 0 Å². The van der Waals surface area contributed by atoms with Crippen molar-refractivity contribution in [3.8, 4) is 17.2 Å². The SMILES string of the molecule is CCOC(CC)(c1c(OB(Oc2cc(C(F)(F)F)cc(C(F)(F)F)c2)Oc2cc(C(F)(F)F)cc(C(F)(F)F)c2)cc(C(F)(F)F)cc1C(F)(F)F)[N+](CC)(CC)CC. The Morgan fingerprint density at radius 1 is 0.441 bits per heavy atom. The quantitative estimate of drug-likeness (QED) is 0.0700. The Balaban J connectivity index is 2.60. The van der Waals surface area contributed by atoms with E-state index in [1.165, 1.54) is 34.6 Å². The molecule has 0 heterocycles. The molecule has 0 aliphatic heterocycles.